The van der Waals surface area contributed by atoms with Crippen molar-refractivity contribution in [2.24, 2.45) is 0 Å². The number of hydrogen-bond donors (Lipinski definition) is 1. The summed E-state index contributed by atoms with van der Waals surface area (Å²) >= 11 is 5.86. The smallest absolute Gasteiger partial charge is 0.0801 e. The van der Waals surface area contributed by atoms with Crippen LogP contribution in [0.3, 0.4) is 0 Å². The summed E-state index contributed by atoms with van der Waals surface area (Å²) in [5, 5.41) is 3.94. The van der Waals surface area contributed by atoms with Crippen LogP contribution >= 0.6 is 11.6 Å². The second-order valence-electron chi connectivity index (χ2n) is 3.40. The Hall–Kier alpha value is -1.45. The minimum Gasteiger partial charge on any atom is -0.308 e. The van der Waals surface area contributed by atoms with Crippen LogP contribution in [-0.4, -0.2) is 17.0 Å². The molecule has 0 bridgehead atoms. The number of nitrogens with one attached hydrogen (secondary N) is 1. The third kappa shape index (κ3) is 2.38. The highest BCUT2D eigenvalue weighted by Crippen LogP contribution is 2.20. The fourth-order valence-electron chi connectivity index (χ4n) is 1.60. The Morgan fingerprint density at radius 3 is 2.50 bits per heavy atom. The molecule has 2 aromatic rings. The van der Waals surface area contributed by atoms with Crippen LogP contribution in [-0.2, 0) is 0 Å². The summed E-state index contributed by atoms with van der Waals surface area (Å²) in [5.74, 6) is 0. The van der Waals surface area contributed by atoms with Crippen molar-refractivity contribution in [3.8, 4) is 0 Å². The van der Waals surface area contributed by atoms with Gasteiger partial charge in [-0.25, -0.2) is 0 Å². The van der Waals surface area contributed by atoms with Crippen LogP contribution in [0.15, 0.2) is 42.9 Å². The summed E-state index contributed by atoms with van der Waals surface area (Å²) in [7, 11) is 1.90. The van der Waals surface area contributed by atoms with Gasteiger partial charge in [-0.15, -0.1) is 0 Å². The van der Waals surface area contributed by atoms with Crippen molar-refractivity contribution in [2.75, 3.05) is 7.05 Å². The lowest BCUT2D eigenvalue weighted by Gasteiger charge is -2.15. The van der Waals surface area contributed by atoms with E-state index in [0.717, 1.165) is 16.3 Å². The summed E-state index contributed by atoms with van der Waals surface area (Å²) in [4.78, 5) is 8.36. The molecule has 1 atom stereocenters. The van der Waals surface area contributed by atoms with Gasteiger partial charge in [0.1, 0.15) is 0 Å². The Morgan fingerprint density at radius 1 is 1.19 bits per heavy atom. The molecule has 0 aliphatic heterocycles. The van der Waals surface area contributed by atoms with Crippen molar-refractivity contribution >= 4 is 11.6 Å². The molecule has 1 aromatic carbocycles. The third-order valence-corrected chi connectivity index (χ3v) is 2.62. The Balaban J connectivity index is 2.33. The molecule has 0 unspecified atom stereocenters. The number of aromatic nitrogens is 2. The highest BCUT2D eigenvalue weighted by molar-refractivity contribution is 6.30. The lowest BCUT2D eigenvalue weighted by molar-refractivity contribution is 0.667. The zero-order chi connectivity index (χ0) is 11.4. The maximum absolute atomic E-state index is 5.86. The molecule has 0 amide bonds. The van der Waals surface area contributed by atoms with Gasteiger partial charge in [0.2, 0.25) is 0 Å². The van der Waals surface area contributed by atoms with Crippen molar-refractivity contribution in [1.82, 2.24) is 15.3 Å². The first-order valence-electron chi connectivity index (χ1n) is 5.00. The Bertz CT molecular complexity index is 442. The van der Waals surface area contributed by atoms with E-state index in [-0.39, 0.29) is 6.04 Å². The molecule has 4 heteroatoms. The van der Waals surface area contributed by atoms with Crippen molar-refractivity contribution in [2.45, 2.75) is 6.04 Å². The molecule has 0 fully saturated rings. The first-order chi connectivity index (χ1) is 7.81. The number of benzene rings is 1. The maximum atomic E-state index is 5.86. The zero-order valence-electron chi connectivity index (χ0n) is 8.89. The van der Waals surface area contributed by atoms with E-state index in [4.69, 9.17) is 11.6 Å². The van der Waals surface area contributed by atoms with Gasteiger partial charge < -0.3 is 5.32 Å². The van der Waals surface area contributed by atoms with Gasteiger partial charge in [0, 0.05) is 17.4 Å². The topological polar surface area (TPSA) is 37.8 Å². The largest absolute Gasteiger partial charge is 0.308 e. The Labute approximate surface area is 99.5 Å². The van der Waals surface area contributed by atoms with Gasteiger partial charge >= 0.3 is 0 Å². The average Bonchev–Trinajstić information content (AvgIpc) is 2.34. The molecule has 1 aromatic heterocycles. The molecule has 0 aliphatic rings. The molecular formula is C12H12ClN3. The molecule has 0 saturated heterocycles. The van der Waals surface area contributed by atoms with E-state index >= 15 is 0 Å². The summed E-state index contributed by atoms with van der Waals surface area (Å²) < 4.78 is 0. The monoisotopic (exact) mass is 233 g/mol. The Morgan fingerprint density at radius 2 is 1.94 bits per heavy atom. The average molecular weight is 234 g/mol. The van der Waals surface area contributed by atoms with E-state index in [2.05, 4.69) is 15.3 Å². The second-order valence-corrected chi connectivity index (χ2v) is 3.84. The minimum atomic E-state index is 0.0472. The van der Waals surface area contributed by atoms with E-state index < -0.39 is 0 Å². The van der Waals surface area contributed by atoms with Crippen molar-refractivity contribution in [3.63, 3.8) is 0 Å². The van der Waals surface area contributed by atoms with E-state index in [9.17, 15) is 0 Å². The molecule has 0 radical (unpaired) electrons. The van der Waals surface area contributed by atoms with Gasteiger partial charge in [-0.05, 0) is 24.7 Å². The van der Waals surface area contributed by atoms with E-state index in [1.807, 2.05) is 31.3 Å². The van der Waals surface area contributed by atoms with Crippen LogP contribution in [0.4, 0.5) is 0 Å². The fraction of sp³-hybridized carbons (Fsp3) is 0.167. The summed E-state index contributed by atoms with van der Waals surface area (Å²) in [6.07, 6.45) is 5.11. The van der Waals surface area contributed by atoms with Gasteiger partial charge in [0.05, 0.1) is 17.9 Å². The molecule has 1 N–H and O–H groups in total. The van der Waals surface area contributed by atoms with Gasteiger partial charge in [0.25, 0.3) is 0 Å². The molecule has 82 valence electrons. The summed E-state index contributed by atoms with van der Waals surface area (Å²) in [6, 6.07) is 7.76. The zero-order valence-corrected chi connectivity index (χ0v) is 9.65. The number of hydrogen-bond acceptors (Lipinski definition) is 3. The molecular weight excluding hydrogens is 222 g/mol. The number of rotatable bonds is 3. The molecule has 0 saturated carbocycles. The first kappa shape index (κ1) is 11.0. The lowest BCUT2D eigenvalue weighted by atomic mass is 10.0. The normalized spacial score (nSPS) is 12.4. The fourth-order valence-corrected chi connectivity index (χ4v) is 1.73. The Kier molecular flexibility index (Phi) is 3.49. The minimum absolute atomic E-state index is 0.0472. The number of nitrogens with zero attached hydrogens (tertiary/aromatic N) is 2. The van der Waals surface area contributed by atoms with Crippen LogP contribution in [0, 0.1) is 0 Å². The second kappa shape index (κ2) is 5.05. The summed E-state index contributed by atoms with van der Waals surface area (Å²) in [5.41, 5.74) is 2.01. The lowest BCUT2D eigenvalue weighted by Crippen LogP contribution is -2.18. The van der Waals surface area contributed by atoms with Gasteiger partial charge in [0.15, 0.2) is 0 Å². The van der Waals surface area contributed by atoms with E-state index in [0.29, 0.717) is 0 Å². The van der Waals surface area contributed by atoms with Crippen LogP contribution < -0.4 is 5.32 Å². The maximum Gasteiger partial charge on any atom is 0.0801 e. The van der Waals surface area contributed by atoms with Gasteiger partial charge in [-0.1, -0.05) is 23.7 Å². The van der Waals surface area contributed by atoms with Gasteiger partial charge in [-0.2, -0.15) is 0 Å². The third-order valence-electron chi connectivity index (χ3n) is 2.37. The van der Waals surface area contributed by atoms with Crippen LogP contribution in [0.1, 0.15) is 17.3 Å². The highest BCUT2D eigenvalue weighted by Gasteiger charge is 2.12. The molecule has 0 aliphatic carbocycles. The molecule has 1 heterocycles. The SMILES string of the molecule is CN[C@@H](c1ccc(Cl)cc1)c1cnccn1. The highest BCUT2D eigenvalue weighted by atomic mass is 35.5. The number of halogens is 1. The van der Waals surface area contributed by atoms with Crippen molar-refractivity contribution in [1.29, 1.82) is 0 Å². The molecule has 16 heavy (non-hydrogen) atoms. The predicted octanol–water partition coefficient (Wildman–Crippen LogP) is 2.44. The van der Waals surface area contributed by atoms with Crippen LogP contribution in [0.5, 0.6) is 0 Å². The van der Waals surface area contributed by atoms with Crippen molar-refractivity contribution in [3.05, 3.63) is 59.1 Å². The van der Waals surface area contributed by atoms with Crippen molar-refractivity contribution < 1.29 is 0 Å². The quantitative estimate of drug-likeness (QED) is 0.885. The summed E-state index contributed by atoms with van der Waals surface area (Å²) in [6.45, 7) is 0. The molecule has 2 rings (SSSR count). The molecule has 0 spiro atoms. The van der Waals surface area contributed by atoms with E-state index in [1.165, 1.54) is 0 Å². The van der Waals surface area contributed by atoms with Crippen LogP contribution in [0.2, 0.25) is 5.02 Å². The standard InChI is InChI=1S/C12H12ClN3/c1-14-12(11-8-15-6-7-16-11)9-2-4-10(13)5-3-9/h2-8,12,14H,1H3/t12-/m0/s1. The van der Waals surface area contributed by atoms with Gasteiger partial charge in [-0.3, -0.25) is 9.97 Å². The first-order valence-corrected chi connectivity index (χ1v) is 5.37. The van der Waals surface area contributed by atoms with Crippen LogP contribution in [0.25, 0.3) is 0 Å². The molecule has 3 nitrogen and oxygen atoms in total. The van der Waals surface area contributed by atoms with E-state index in [1.54, 1.807) is 18.6 Å². The predicted molar refractivity (Wildman–Crippen MR) is 64.4 cm³/mol.